The highest BCUT2D eigenvalue weighted by atomic mass is 14.7. The molecule has 0 saturated heterocycles. The normalized spacial score (nSPS) is 12.0. The van der Waals surface area contributed by atoms with Crippen LogP contribution >= 0.6 is 0 Å². The van der Waals surface area contributed by atoms with E-state index < -0.39 is 0 Å². The number of hydrogen-bond donors (Lipinski definition) is 0. The minimum absolute atomic E-state index is 0.924. The maximum atomic E-state index is 4.87. The molecule has 0 spiro atoms. The molecule has 0 bridgehead atoms. The zero-order valence-electron chi connectivity index (χ0n) is 32.5. The largest absolute Gasteiger partial charge is 0.254 e. The fourth-order valence-corrected chi connectivity index (χ4v) is 10.4. The van der Waals surface area contributed by atoms with E-state index in [1.165, 1.54) is 109 Å². The summed E-state index contributed by atoms with van der Waals surface area (Å²) in [6, 6.07) is 71.7. The molecule has 0 N–H and O–H groups in total. The van der Waals surface area contributed by atoms with E-state index in [9.17, 15) is 0 Å². The van der Waals surface area contributed by atoms with Crippen molar-refractivity contribution in [2.45, 2.75) is 0 Å². The van der Waals surface area contributed by atoms with Gasteiger partial charge < -0.3 is 0 Å². The fraction of sp³-hybridized carbons (Fsp3) is 0. The maximum Gasteiger partial charge on any atom is 0.0970 e. The van der Waals surface area contributed by atoms with Crippen molar-refractivity contribution in [3.8, 4) is 33.4 Å². The predicted molar refractivity (Wildman–Crippen MR) is 256 cm³/mol. The van der Waals surface area contributed by atoms with Crippen LogP contribution in [0.1, 0.15) is 0 Å². The smallest absolute Gasteiger partial charge is 0.0970 e. The van der Waals surface area contributed by atoms with Gasteiger partial charge in [0.2, 0.25) is 0 Å². The highest BCUT2D eigenvalue weighted by Gasteiger charge is 2.20. The Morgan fingerprint density at radius 1 is 0.250 bits per heavy atom. The number of fused-ring (bicyclic) bond motifs is 10. The van der Waals surface area contributed by atoms with Crippen LogP contribution in [-0.2, 0) is 0 Å². The van der Waals surface area contributed by atoms with Crippen molar-refractivity contribution >= 4 is 97.2 Å². The molecule has 2 aromatic heterocycles. The third kappa shape index (κ3) is 4.70. The summed E-state index contributed by atoms with van der Waals surface area (Å²) in [6.45, 7) is 0. The van der Waals surface area contributed by atoms with Crippen LogP contribution in [0.25, 0.3) is 131 Å². The van der Waals surface area contributed by atoms with Crippen molar-refractivity contribution in [2.24, 2.45) is 0 Å². The molecule has 0 saturated carbocycles. The first kappa shape index (κ1) is 33.1. The second-order valence-electron chi connectivity index (χ2n) is 16.0. The minimum Gasteiger partial charge on any atom is -0.254 e. The van der Waals surface area contributed by atoms with Crippen LogP contribution in [0.5, 0.6) is 0 Å². The van der Waals surface area contributed by atoms with Gasteiger partial charge in [-0.15, -0.1) is 0 Å². The van der Waals surface area contributed by atoms with E-state index >= 15 is 0 Å². The standard InChI is InChI=1S/C58H34N2/c1-2-16-43-41(15-1)42-22-7-12-36-30-31-37-13-8-23-46(54(37)53(36)42)49-24-9-21-40(55(43)49)35-26-28-38(29-27-35)52-44-17-3-5-19-47(44)56(48-20-6-4-18-45(48)52)51-34-39-14-10-32-59-57(39)58-50(51)25-11-33-60-58/h1-34H. The van der Waals surface area contributed by atoms with Gasteiger partial charge in [0.05, 0.1) is 11.0 Å². The van der Waals surface area contributed by atoms with Crippen LogP contribution in [-0.4, -0.2) is 9.97 Å². The third-order valence-corrected chi connectivity index (χ3v) is 12.9. The van der Waals surface area contributed by atoms with E-state index in [2.05, 4.69) is 182 Å². The lowest BCUT2D eigenvalue weighted by Gasteiger charge is -2.19. The monoisotopic (exact) mass is 758 g/mol. The molecule has 0 radical (unpaired) electrons. The molecule has 276 valence electrons. The molecular formula is C58H34N2. The molecule has 2 heteroatoms. The van der Waals surface area contributed by atoms with Gasteiger partial charge in [0.15, 0.2) is 0 Å². The number of rotatable bonds is 3. The molecule has 0 aliphatic heterocycles. The number of pyridine rings is 2. The van der Waals surface area contributed by atoms with E-state index in [-0.39, 0.29) is 0 Å². The first-order valence-electron chi connectivity index (χ1n) is 20.6. The molecule has 60 heavy (non-hydrogen) atoms. The Bertz CT molecular complexity index is 3880. The van der Waals surface area contributed by atoms with E-state index in [4.69, 9.17) is 9.97 Å². The molecule has 13 rings (SSSR count). The molecular weight excluding hydrogens is 725 g/mol. The summed E-state index contributed by atoms with van der Waals surface area (Å²) in [4.78, 5) is 9.63. The third-order valence-electron chi connectivity index (χ3n) is 12.9. The summed E-state index contributed by atoms with van der Waals surface area (Å²) < 4.78 is 0. The van der Waals surface area contributed by atoms with Crippen LogP contribution in [0.15, 0.2) is 207 Å². The lowest BCUT2D eigenvalue weighted by Crippen LogP contribution is -1.93. The lowest BCUT2D eigenvalue weighted by molar-refractivity contribution is 1.37. The Morgan fingerprint density at radius 3 is 1.37 bits per heavy atom. The van der Waals surface area contributed by atoms with Crippen LogP contribution < -0.4 is 0 Å². The Morgan fingerprint density at radius 2 is 0.700 bits per heavy atom. The summed E-state index contributed by atoms with van der Waals surface area (Å²) in [5.74, 6) is 0. The molecule has 13 aromatic rings. The van der Waals surface area contributed by atoms with Gasteiger partial charge in [0.1, 0.15) is 0 Å². The van der Waals surface area contributed by atoms with Crippen LogP contribution in [0.3, 0.4) is 0 Å². The van der Waals surface area contributed by atoms with Crippen molar-refractivity contribution < 1.29 is 0 Å². The second kappa shape index (κ2) is 12.8. The van der Waals surface area contributed by atoms with Crippen molar-refractivity contribution in [1.29, 1.82) is 0 Å². The first-order valence-corrected chi connectivity index (χ1v) is 20.6. The van der Waals surface area contributed by atoms with Gasteiger partial charge in [-0.05, 0) is 127 Å². The zero-order chi connectivity index (χ0) is 39.3. The number of benzene rings is 10. The number of aromatic nitrogens is 2. The average molecular weight is 759 g/mol. The van der Waals surface area contributed by atoms with Gasteiger partial charge in [-0.1, -0.05) is 176 Å². The Balaban J connectivity index is 1.07. The first-order chi connectivity index (χ1) is 29.8. The molecule has 0 aliphatic rings. The summed E-state index contributed by atoms with van der Waals surface area (Å²) in [6.07, 6.45) is 3.73. The van der Waals surface area contributed by atoms with Gasteiger partial charge >= 0.3 is 0 Å². The zero-order valence-corrected chi connectivity index (χ0v) is 32.5. The van der Waals surface area contributed by atoms with E-state index in [0.29, 0.717) is 0 Å². The number of nitrogens with zero attached hydrogens (tertiary/aromatic N) is 2. The van der Waals surface area contributed by atoms with Crippen LogP contribution in [0, 0.1) is 0 Å². The SMILES string of the molecule is c1cnc2c(c1)cc(-c1c3ccccc3c(-c3ccc(-c4cccc5c6cccc7ccc8cccc(c9ccccc9c45)c8c76)cc3)c3ccccc13)c1cccnc12. The van der Waals surface area contributed by atoms with E-state index in [0.717, 1.165) is 21.8 Å². The van der Waals surface area contributed by atoms with Gasteiger partial charge in [0.25, 0.3) is 0 Å². The highest BCUT2D eigenvalue weighted by Crippen LogP contribution is 2.47. The lowest BCUT2D eigenvalue weighted by atomic mass is 9.84. The van der Waals surface area contributed by atoms with Crippen molar-refractivity contribution in [2.75, 3.05) is 0 Å². The van der Waals surface area contributed by atoms with Crippen LogP contribution in [0.4, 0.5) is 0 Å². The van der Waals surface area contributed by atoms with Gasteiger partial charge in [-0.3, -0.25) is 9.97 Å². The number of hydrogen-bond acceptors (Lipinski definition) is 2. The molecule has 0 unspecified atom stereocenters. The fourth-order valence-electron chi connectivity index (χ4n) is 10.4. The summed E-state index contributed by atoms with van der Waals surface area (Å²) in [5, 5.41) is 19.9. The van der Waals surface area contributed by atoms with Crippen molar-refractivity contribution in [3.63, 3.8) is 0 Å². The molecule has 0 atom stereocenters. The Labute approximate surface area is 345 Å². The average Bonchev–Trinajstić information content (AvgIpc) is 3.32. The van der Waals surface area contributed by atoms with Gasteiger partial charge in [-0.25, -0.2) is 0 Å². The molecule has 2 heterocycles. The second-order valence-corrected chi connectivity index (χ2v) is 16.0. The van der Waals surface area contributed by atoms with Gasteiger partial charge in [-0.2, -0.15) is 0 Å². The quantitative estimate of drug-likeness (QED) is 0.132. The van der Waals surface area contributed by atoms with E-state index in [1.54, 1.807) is 0 Å². The topological polar surface area (TPSA) is 25.8 Å². The molecule has 0 fully saturated rings. The van der Waals surface area contributed by atoms with E-state index in [1.807, 2.05) is 24.5 Å². The predicted octanol–water partition coefficient (Wildman–Crippen LogP) is 15.9. The maximum absolute atomic E-state index is 4.87. The minimum atomic E-state index is 0.924. The van der Waals surface area contributed by atoms with Crippen molar-refractivity contribution in [3.05, 3.63) is 207 Å². The molecule has 0 aliphatic carbocycles. The van der Waals surface area contributed by atoms with Crippen molar-refractivity contribution in [1.82, 2.24) is 9.97 Å². The summed E-state index contributed by atoms with van der Waals surface area (Å²) in [5.41, 5.74) is 9.10. The Kier molecular flexibility index (Phi) is 7.05. The van der Waals surface area contributed by atoms with Gasteiger partial charge in [0, 0.05) is 23.2 Å². The summed E-state index contributed by atoms with van der Waals surface area (Å²) >= 11 is 0. The Hall–Kier alpha value is -7.94. The van der Waals surface area contributed by atoms with Crippen LogP contribution in [0.2, 0.25) is 0 Å². The molecule has 11 aromatic carbocycles. The summed E-state index contributed by atoms with van der Waals surface area (Å²) in [7, 11) is 0. The highest BCUT2D eigenvalue weighted by molar-refractivity contribution is 6.34. The molecule has 2 nitrogen and oxygen atoms in total. The molecule has 0 amide bonds.